The van der Waals surface area contributed by atoms with Crippen LogP contribution in [0.5, 0.6) is 5.75 Å². The quantitative estimate of drug-likeness (QED) is 0.452. The van der Waals surface area contributed by atoms with E-state index in [4.69, 9.17) is 27.9 Å². The molecule has 0 atom stereocenters. The third-order valence-corrected chi connectivity index (χ3v) is 4.14. The molecule has 0 bridgehead atoms. The third kappa shape index (κ3) is 3.00. The van der Waals surface area contributed by atoms with Crippen molar-refractivity contribution in [1.82, 2.24) is 4.98 Å². The highest BCUT2D eigenvalue weighted by Crippen LogP contribution is 2.38. The van der Waals surface area contributed by atoms with Gasteiger partial charge in [0.15, 0.2) is 0 Å². The lowest BCUT2D eigenvalue weighted by atomic mass is 9.96. The van der Waals surface area contributed by atoms with E-state index in [0.717, 1.165) is 19.3 Å². The fourth-order valence-electron chi connectivity index (χ4n) is 2.26. The summed E-state index contributed by atoms with van der Waals surface area (Å²) in [5.41, 5.74) is 0.786. The van der Waals surface area contributed by atoms with Gasteiger partial charge in [0.1, 0.15) is 10.9 Å². The zero-order valence-corrected chi connectivity index (χ0v) is 13.0. The van der Waals surface area contributed by atoms with Crippen molar-refractivity contribution in [3.63, 3.8) is 0 Å². The SMILES string of the molecule is O=[N+]([O-])c1ccc(OC2CCC2)cc1-c1cc(Cl)ncc1Cl. The maximum atomic E-state index is 11.3. The molecule has 1 aromatic carbocycles. The molecule has 22 heavy (non-hydrogen) atoms. The smallest absolute Gasteiger partial charge is 0.277 e. The van der Waals surface area contributed by atoms with Crippen molar-refractivity contribution in [3.05, 3.63) is 50.8 Å². The Kier molecular flexibility index (Phi) is 4.18. The van der Waals surface area contributed by atoms with Crippen LogP contribution in [-0.4, -0.2) is 16.0 Å². The van der Waals surface area contributed by atoms with Crippen molar-refractivity contribution in [2.45, 2.75) is 25.4 Å². The summed E-state index contributed by atoms with van der Waals surface area (Å²) in [7, 11) is 0. The van der Waals surface area contributed by atoms with E-state index in [1.807, 2.05) is 0 Å². The molecule has 0 radical (unpaired) electrons. The lowest BCUT2D eigenvalue weighted by Gasteiger charge is -2.26. The number of nitro groups is 1. The highest BCUT2D eigenvalue weighted by atomic mass is 35.5. The van der Waals surface area contributed by atoms with Gasteiger partial charge in [0, 0.05) is 17.8 Å². The molecule has 0 saturated heterocycles. The van der Waals surface area contributed by atoms with Crippen LogP contribution in [0.3, 0.4) is 0 Å². The van der Waals surface area contributed by atoms with E-state index in [1.165, 1.54) is 18.3 Å². The molecule has 0 N–H and O–H groups in total. The van der Waals surface area contributed by atoms with Crippen LogP contribution in [0.2, 0.25) is 10.2 Å². The van der Waals surface area contributed by atoms with Crippen molar-refractivity contribution in [3.8, 4) is 16.9 Å². The number of halogens is 2. The highest BCUT2D eigenvalue weighted by molar-refractivity contribution is 6.34. The summed E-state index contributed by atoms with van der Waals surface area (Å²) in [4.78, 5) is 14.7. The first-order chi connectivity index (χ1) is 10.5. The zero-order valence-electron chi connectivity index (χ0n) is 11.5. The van der Waals surface area contributed by atoms with Gasteiger partial charge in [0.25, 0.3) is 5.69 Å². The van der Waals surface area contributed by atoms with Gasteiger partial charge in [-0.25, -0.2) is 4.98 Å². The molecule has 3 rings (SSSR count). The molecule has 1 aliphatic carbocycles. The summed E-state index contributed by atoms with van der Waals surface area (Å²) in [5.74, 6) is 0.592. The monoisotopic (exact) mass is 338 g/mol. The summed E-state index contributed by atoms with van der Waals surface area (Å²) in [6.45, 7) is 0. The first-order valence-corrected chi connectivity index (χ1v) is 7.56. The Bertz CT molecular complexity index is 733. The lowest BCUT2D eigenvalue weighted by molar-refractivity contribution is -0.384. The second kappa shape index (κ2) is 6.10. The minimum absolute atomic E-state index is 0.0508. The van der Waals surface area contributed by atoms with Crippen LogP contribution in [0.4, 0.5) is 5.69 Å². The summed E-state index contributed by atoms with van der Waals surface area (Å²) >= 11 is 12.0. The van der Waals surface area contributed by atoms with E-state index < -0.39 is 4.92 Å². The van der Waals surface area contributed by atoms with Crippen LogP contribution in [0.15, 0.2) is 30.5 Å². The molecule has 5 nitrogen and oxygen atoms in total. The number of aromatic nitrogens is 1. The van der Waals surface area contributed by atoms with Gasteiger partial charge in [-0.2, -0.15) is 0 Å². The van der Waals surface area contributed by atoms with E-state index >= 15 is 0 Å². The van der Waals surface area contributed by atoms with Gasteiger partial charge in [-0.05, 0) is 37.5 Å². The van der Waals surface area contributed by atoms with Crippen LogP contribution in [0.25, 0.3) is 11.1 Å². The van der Waals surface area contributed by atoms with Gasteiger partial charge in [0.05, 0.1) is 21.6 Å². The Labute approximate surface area is 137 Å². The average molecular weight is 339 g/mol. The number of ether oxygens (including phenoxy) is 1. The van der Waals surface area contributed by atoms with Crippen LogP contribution in [-0.2, 0) is 0 Å². The summed E-state index contributed by atoms with van der Waals surface area (Å²) in [6, 6.07) is 6.18. The van der Waals surface area contributed by atoms with Crippen LogP contribution in [0, 0.1) is 10.1 Å². The third-order valence-electron chi connectivity index (χ3n) is 3.63. The topological polar surface area (TPSA) is 65.3 Å². The second-order valence-electron chi connectivity index (χ2n) is 5.09. The van der Waals surface area contributed by atoms with Crippen LogP contribution < -0.4 is 4.74 Å². The van der Waals surface area contributed by atoms with Crippen LogP contribution in [0.1, 0.15) is 19.3 Å². The van der Waals surface area contributed by atoms with Crippen molar-refractivity contribution in [2.75, 3.05) is 0 Å². The number of hydrogen-bond acceptors (Lipinski definition) is 4. The zero-order chi connectivity index (χ0) is 15.7. The Morgan fingerprint density at radius 1 is 1.23 bits per heavy atom. The number of hydrogen-bond donors (Lipinski definition) is 0. The maximum absolute atomic E-state index is 11.3. The fraction of sp³-hybridized carbons (Fsp3) is 0.267. The van der Waals surface area contributed by atoms with Gasteiger partial charge >= 0.3 is 0 Å². The minimum Gasteiger partial charge on any atom is -0.490 e. The van der Waals surface area contributed by atoms with E-state index in [2.05, 4.69) is 4.98 Å². The molecular weight excluding hydrogens is 327 g/mol. The highest BCUT2D eigenvalue weighted by Gasteiger charge is 2.22. The lowest BCUT2D eigenvalue weighted by Crippen LogP contribution is -2.24. The van der Waals surface area contributed by atoms with E-state index in [1.54, 1.807) is 12.1 Å². The van der Waals surface area contributed by atoms with Gasteiger partial charge in [-0.1, -0.05) is 23.2 Å². The minimum atomic E-state index is -0.451. The molecule has 2 aromatic rings. The Morgan fingerprint density at radius 2 is 2.00 bits per heavy atom. The molecule has 1 heterocycles. The van der Waals surface area contributed by atoms with Crippen LogP contribution >= 0.6 is 23.2 Å². The van der Waals surface area contributed by atoms with E-state index in [9.17, 15) is 10.1 Å². The van der Waals surface area contributed by atoms with E-state index in [-0.39, 0.29) is 16.9 Å². The summed E-state index contributed by atoms with van der Waals surface area (Å²) in [6.07, 6.45) is 4.73. The van der Waals surface area contributed by atoms with Crippen molar-refractivity contribution < 1.29 is 9.66 Å². The normalized spacial score (nSPS) is 14.5. The maximum Gasteiger partial charge on any atom is 0.277 e. The number of rotatable bonds is 4. The Morgan fingerprint density at radius 3 is 2.64 bits per heavy atom. The van der Waals surface area contributed by atoms with Gasteiger partial charge in [0.2, 0.25) is 0 Å². The first kappa shape index (κ1) is 15.1. The number of nitrogens with zero attached hydrogens (tertiary/aromatic N) is 2. The average Bonchev–Trinajstić information content (AvgIpc) is 2.45. The number of nitro benzene ring substituents is 1. The summed E-state index contributed by atoms with van der Waals surface area (Å²) in [5, 5.41) is 11.8. The molecule has 1 aromatic heterocycles. The van der Waals surface area contributed by atoms with Crippen molar-refractivity contribution >= 4 is 28.9 Å². The molecule has 0 unspecified atom stereocenters. The predicted molar refractivity (Wildman–Crippen MR) is 84.6 cm³/mol. The van der Waals surface area contributed by atoms with Gasteiger partial charge < -0.3 is 4.74 Å². The van der Waals surface area contributed by atoms with Gasteiger partial charge in [-0.15, -0.1) is 0 Å². The molecule has 0 amide bonds. The van der Waals surface area contributed by atoms with Crippen molar-refractivity contribution in [1.29, 1.82) is 0 Å². The number of benzene rings is 1. The molecule has 0 aliphatic heterocycles. The Hall–Kier alpha value is -1.85. The molecule has 0 spiro atoms. The molecule has 1 fully saturated rings. The molecule has 114 valence electrons. The number of pyridine rings is 1. The first-order valence-electron chi connectivity index (χ1n) is 6.81. The predicted octanol–water partition coefficient (Wildman–Crippen LogP) is 4.89. The largest absolute Gasteiger partial charge is 0.490 e. The Balaban J connectivity index is 2.07. The fourth-order valence-corrected chi connectivity index (χ4v) is 2.63. The molecule has 7 heteroatoms. The molecule has 1 saturated carbocycles. The standard InChI is InChI=1S/C15H12Cl2N2O3/c16-13-8-18-15(17)7-11(13)12-6-10(22-9-2-1-3-9)4-5-14(12)19(20)21/h4-9H,1-3H2. The molecular formula is C15H12Cl2N2O3. The molecule has 1 aliphatic rings. The summed E-state index contributed by atoms with van der Waals surface area (Å²) < 4.78 is 5.80. The second-order valence-corrected chi connectivity index (χ2v) is 5.89. The van der Waals surface area contributed by atoms with Crippen molar-refractivity contribution in [2.24, 2.45) is 0 Å². The van der Waals surface area contributed by atoms with E-state index in [0.29, 0.717) is 21.9 Å². The van der Waals surface area contributed by atoms with Gasteiger partial charge in [-0.3, -0.25) is 10.1 Å².